The van der Waals surface area contributed by atoms with Crippen LogP contribution in [0.3, 0.4) is 0 Å². The molecule has 0 radical (unpaired) electrons. The SMILES string of the molecule is COc1ccc(OC)c(NC(=O)c2ccccc2Br)c1. The molecule has 1 N–H and O–H groups in total. The molecule has 20 heavy (non-hydrogen) atoms. The van der Waals surface area contributed by atoms with E-state index >= 15 is 0 Å². The largest absolute Gasteiger partial charge is 0.497 e. The van der Waals surface area contributed by atoms with Crippen molar-refractivity contribution < 1.29 is 14.3 Å². The molecule has 0 aromatic heterocycles. The number of hydrogen-bond acceptors (Lipinski definition) is 3. The molecule has 4 nitrogen and oxygen atoms in total. The van der Waals surface area contributed by atoms with E-state index in [0.717, 1.165) is 4.47 Å². The Morgan fingerprint density at radius 3 is 2.50 bits per heavy atom. The average molecular weight is 336 g/mol. The lowest BCUT2D eigenvalue weighted by Gasteiger charge is -2.12. The molecular formula is C15H14BrNO3. The Labute approximate surface area is 125 Å². The van der Waals surface area contributed by atoms with Crippen molar-refractivity contribution in [1.82, 2.24) is 0 Å². The first-order valence-electron chi connectivity index (χ1n) is 5.93. The van der Waals surface area contributed by atoms with Gasteiger partial charge in [0.25, 0.3) is 5.91 Å². The summed E-state index contributed by atoms with van der Waals surface area (Å²) in [7, 11) is 3.12. The van der Waals surface area contributed by atoms with Crippen LogP contribution in [0.4, 0.5) is 5.69 Å². The zero-order valence-corrected chi connectivity index (χ0v) is 12.7. The number of hydrogen-bond donors (Lipinski definition) is 1. The van der Waals surface area contributed by atoms with Gasteiger partial charge in [-0.3, -0.25) is 4.79 Å². The van der Waals surface area contributed by atoms with Crippen LogP contribution in [0, 0.1) is 0 Å². The predicted molar refractivity (Wildman–Crippen MR) is 81.6 cm³/mol. The lowest BCUT2D eigenvalue weighted by atomic mass is 10.2. The van der Waals surface area contributed by atoms with E-state index < -0.39 is 0 Å². The number of rotatable bonds is 4. The Hall–Kier alpha value is -2.01. The number of ether oxygens (including phenoxy) is 2. The second-order valence-corrected chi connectivity index (χ2v) is 4.85. The van der Waals surface area contributed by atoms with Gasteiger partial charge in [-0.05, 0) is 40.2 Å². The lowest BCUT2D eigenvalue weighted by molar-refractivity contribution is 0.102. The molecule has 0 aliphatic carbocycles. The van der Waals surface area contributed by atoms with E-state index in [0.29, 0.717) is 22.7 Å². The van der Waals surface area contributed by atoms with Crippen LogP contribution in [0.5, 0.6) is 11.5 Å². The van der Waals surface area contributed by atoms with Gasteiger partial charge < -0.3 is 14.8 Å². The first kappa shape index (κ1) is 14.4. The van der Waals surface area contributed by atoms with Gasteiger partial charge in [0.15, 0.2) is 0 Å². The Balaban J connectivity index is 2.29. The molecule has 104 valence electrons. The molecule has 5 heteroatoms. The number of nitrogens with one attached hydrogen (secondary N) is 1. The zero-order chi connectivity index (χ0) is 14.5. The molecule has 0 aliphatic heterocycles. The average Bonchev–Trinajstić information content (AvgIpc) is 2.47. The Morgan fingerprint density at radius 1 is 1.10 bits per heavy atom. The summed E-state index contributed by atoms with van der Waals surface area (Å²) < 4.78 is 11.1. The van der Waals surface area contributed by atoms with Gasteiger partial charge in [-0.15, -0.1) is 0 Å². The van der Waals surface area contributed by atoms with Crippen molar-refractivity contribution >= 4 is 27.5 Å². The second kappa shape index (κ2) is 6.43. The van der Waals surface area contributed by atoms with Crippen molar-refractivity contribution in [2.75, 3.05) is 19.5 Å². The summed E-state index contributed by atoms with van der Waals surface area (Å²) in [4.78, 5) is 12.3. The summed E-state index contributed by atoms with van der Waals surface area (Å²) in [6, 6.07) is 12.5. The van der Waals surface area contributed by atoms with Crippen LogP contribution in [-0.4, -0.2) is 20.1 Å². The molecule has 0 heterocycles. The molecule has 0 bridgehead atoms. The van der Waals surface area contributed by atoms with Crippen LogP contribution in [0.2, 0.25) is 0 Å². The number of anilines is 1. The zero-order valence-electron chi connectivity index (χ0n) is 11.1. The van der Waals surface area contributed by atoms with E-state index in [4.69, 9.17) is 9.47 Å². The van der Waals surface area contributed by atoms with Crippen LogP contribution in [0.25, 0.3) is 0 Å². The summed E-state index contributed by atoms with van der Waals surface area (Å²) in [6.45, 7) is 0. The molecule has 0 unspecified atom stereocenters. The van der Waals surface area contributed by atoms with Gasteiger partial charge in [-0.1, -0.05) is 12.1 Å². The van der Waals surface area contributed by atoms with Gasteiger partial charge >= 0.3 is 0 Å². The van der Waals surface area contributed by atoms with Gasteiger partial charge in [-0.25, -0.2) is 0 Å². The van der Waals surface area contributed by atoms with Crippen LogP contribution in [0.1, 0.15) is 10.4 Å². The standard InChI is InChI=1S/C15H14BrNO3/c1-19-10-7-8-14(20-2)13(9-10)17-15(18)11-5-3-4-6-12(11)16/h3-9H,1-2H3,(H,17,18). The molecule has 0 saturated carbocycles. The van der Waals surface area contributed by atoms with Crippen molar-refractivity contribution in [3.8, 4) is 11.5 Å². The maximum Gasteiger partial charge on any atom is 0.256 e. The van der Waals surface area contributed by atoms with Crippen molar-refractivity contribution in [2.45, 2.75) is 0 Å². The number of carbonyl (C=O) groups is 1. The summed E-state index contributed by atoms with van der Waals surface area (Å²) >= 11 is 3.36. The molecular weight excluding hydrogens is 322 g/mol. The highest BCUT2D eigenvalue weighted by molar-refractivity contribution is 9.10. The summed E-state index contributed by atoms with van der Waals surface area (Å²) in [5.74, 6) is 1.00. The summed E-state index contributed by atoms with van der Waals surface area (Å²) in [5, 5.41) is 2.82. The minimum atomic E-state index is -0.218. The molecule has 1 amide bonds. The molecule has 2 aromatic carbocycles. The van der Waals surface area contributed by atoms with Crippen molar-refractivity contribution in [3.63, 3.8) is 0 Å². The Bertz CT molecular complexity index is 628. The van der Waals surface area contributed by atoms with Crippen molar-refractivity contribution in [2.24, 2.45) is 0 Å². The highest BCUT2D eigenvalue weighted by Crippen LogP contribution is 2.29. The number of benzene rings is 2. The van der Waals surface area contributed by atoms with E-state index in [-0.39, 0.29) is 5.91 Å². The fourth-order valence-corrected chi connectivity index (χ4v) is 2.21. The van der Waals surface area contributed by atoms with E-state index in [1.807, 2.05) is 18.2 Å². The van der Waals surface area contributed by atoms with Crippen LogP contribution < -0.4 is 14.8 Å². The van der Waals surface area contributed by atoms with E-state index in [9.17, 15) is 4.79 Å². The van der Waals surface area contributed by atoms with Gasteiger partial charge in [0.05, 0.1) is 25.5 Å². The second-order valence-electron chi connectivity index (χ2n) is 4.00. The fraction of sp³-hybridized carbons (Fsp3) is 0.133. The quantitative estimate of drug-likeness (QED) is 0.926. The third kappa shape index (κ3) is 3.11. The van der Waals surface area contributed by atoms with Crippen LogP contribution in [-0.2, 0) is 0 Å². The molecule has 2 rings (SSSR count). The summed E-state index contributed by atoms with van der Waals surface area (Å²) in [5.41, 5.74) is 1.12. The lowest BCUT2D eigenvalue weighted by Crippen LogP contribution is -2.13. The monoisotopic (exact) mass is 335 g/mol. The Morgan fingerprint density at radius 2 is 1.85 bits per heavy atom. The maximum atomic E-state index is 12.3. The third-order valence-electron chi connectivity index (χ3n) is 2.77. The number of amides is 1. The molecule has 0 spiro atoms. The fourth-order valence-electron chi connectivity index (χ4n) is 1.75. The van der Waals surface area contributed by atoms with Gasteiger partial charge in [0.2, 0.25) is 0 Å². The summed E-state index contributed by atoms with van der Waals surface area (Å²) in [6.07, 6.45) is 0. The Kier molecular flexibility index (Phi) is 4.63. The van der Waals surface area contributed by atoms with Gasteiger partial charge in [0.1, 0.15) is 11.5 Å². The first-order chi connectivity index (χ1) is 9.65. The maximum absolute atomic E-state index is 12.3. The highest BCUT2D eigenvalue weighted by Gasteiger charge is 2.13. The van der Waals surface area contributed by atoms with Crippen LogP contribution in [0.15, 0.2) is 46.9 Å². The first-order valence-corrected chi connectivity index (χ1v) is 6.73. The molecule has 0 saturated heterocycles. The minimum Gasteiger partial charge on any atom is -0.497 e. The molecule has 0 fully saturated rings. The van der Waals surface area contributed by atoms with Crippen LogP contribution >= 0.6 is 15.9 Å². The van der Waals surface area contributed by atoms with Crippen molar-refractivity contribution in [1.29, 1.82) is 0 Å². The number of halogens is 1. The van der Waals surface area contributed by atoms with Gasteiger partial charge in [0, 0.05) is 10.5 Å². The topological polar surface area (TPSA) is 47.6 Å². The molecule has 2 aromatic rings. The van der Waals surface area contributed by atoms with E-state index in [1.165, 1.54) is 0 Å². The normalized spacial score (nSPS) is 9.95. The molecule has 0 atom stereocenters. The number of carbonyl (C=O) groups excluding carboxylic acids is 1. The predicted octanol–water partition coefficient (Wildman–Crippen LogP) is 3.72. The van der Waals surface area contributed by atoms with Crippen molar-refractivity contribution in [3.05, 3.63) is 52.5 Å². The van der Waals surface area contributed by atoms with E-state index in [1.54, 1.807) is 38.5 Å². The third-order valence-corrected chi connectivity index (χ3v) is 3.46. The minimum absolute atomic E-state index is 0.218. The highest BCUT2D eigenvalue weighted by atomic mass is 79.9. The van der Waals surface area contributed by atoms with Gasteiger partial charge in [-0.2, -0.15) is 0 Å². The number of methoxy groups -OCH3 is 2. The molecule has 0 aliphatic rings. The smallest absolute Gasteiger partial charge is 0.256 e. The van der Waals surface area contributed by atoms with E-state index in [2.05, 4.69) is 21.2 Å².